The standard InChI is InChI=1S/C25H22N2O3/c26-24-12-11-17(14-18(24)15-28)6-5-13-27-25(29)30-16-23-21-9-3-1-7-19(21)20-8-2-4-10-22(20)23/h1-4,7-12,14,23,28H,13,15-16,26H2,(H,27,29). The molecule has 1 amide bonds. The van der Waals surface area contributed by atoms with Crippen molar-refractivity contribution in [1.29, 1.82) is 0 Å². The van der Waals surface area contributed by atoms with E-state index in [9.17, 15) is 9.90 Å². The quantitative estimate of drug-likeness (QED) is 0.463. The molecule has 0 fully saturated rings. The zero-order chi connectivity index (χ0) is 20.9. The Morgan fingerprint density at radius 1 is 1.03 bits per heavy atom. The van der Waals surface area contributed by atoms with Gasteiger partial charge in [0, 0.05) is 22.7 Å². The highest BCUT2D eigenvalue weighted by Crippen LogP contribution is 2.44. The molecule has 0 radical (unpaired) electrons. The van der Waals surface area contributed by atoms with Gasteiger partial charge >= 0.3 is 6.09 Å². The van der Waals surface area contributed by atoms with Crippen LogP contribution in [0.1, 0.15) is 28.2 Å². The summed E-state index contributed by atoms with van der Waals surface area (Å²) in [5.74, 6) is 5.85. The van der Waals surface area contributed by atoms with E-state index in [0.717, 1.165) is 5.56 Å². The number of amides is 1. The first-order valence-corrected chi connectivity index (χ1v) is 9.74. The number of nitrogens with two attached hydrogens (primary N) is 1. The van der Waals surface area contributed by atoms with Gasteiger partial charge in [-0.3, -0.25) is 0 Å². The number of carbonyl (C=O) groups is 1. The summed E-state index contributed by atoms with van der Waals surface area (Å²) in [4.78, 5) is 12.1. The maximum atomic E-state index is 12.1. The van der Waals surface area contributed by atoms with Crippen molar-refractivity contribution in [2.45, 2.75) is 12.5 Å². The monoisotopic (exact) mass is 398 g/mol. The first-order chi connectivity index (χ1) is 14.7. The number of nitrogens with one attached hydrogen (secondary N) is 1. The molecule has 4 N–H and O–H groups in total. The summed E-state index contributed by atoms with van der Waals surface area (Å²) in [5, 5.41) is 11.9. The molecule has 30 heavy (non-hydrogen) atoms. The second-order valence-corrected chi connectivity index (χ2v) is 7.05. The van der Waals surface area contributed by atoms with Gasteiger partial charge in [0.1, 0.15) is 6.61 Å². The SMILES string of the molecule is Nc1ccc(C#CCNC(=O)OCC2c3ccccc3-c3ccccc32)cc1CO. The van der Waals surface area contributed by atoms with Crippen LogP contribution >= 0.6 is 0 Å². The Morgan fingerprint density at radius 2 is 1.70 bits per heavy atom. The van der Waals surface area contributed by atoms with Crippen LogP contribution in [-0.2, 0) is 11.3 Å². The van der Waals surface area contributed by atoms with Crippen molar-refractivity contribution in [3.05, 3.63) is 89.0 Å². The highest BCUT2D eigenvalue weighted by atomic mass is 16.5. The second kappa shape index (κ2) is 8.73. The number of aliphatic hydroxyl groups is 1. The summed E-state index contributed by atoms with van der Waals surface area (Å²) in [6, 6.07) is 21.6. The maximum absolute atomic E-state index is 12.1. The fraction of sp³-hybridized carbons (Fsp3) is 0.160. The average Bonchev–Trinajstić information content (AvgIpc) is 3.10. The van der Waals surface area contributed by atoms with Crippen LogP contribution < -0.4 is 11.1 Å². The van der Waals surface area contributed by atoms with E-state index in [1.54, 1.807) is 18.2 Å². The van der Waals surface area contributed by atoms with Crippen LogP contribution in [-0.4, -0.2) is 24.4 Å². The Hall–Kier alpha value is -3.75. The number of ether oxygens (including phenoxy) is 1. The van der Waals surface area contributed by atoms with Gasteiger partial charge in [0.2, 0.25) is 0 Å². The van der Waals surface area contributed by atoms with E-state index in [2.05, 4.69) is 41.4 Å². The van der Waals surface area contributed by atoms with E-state index in [1.165, 1.54) is 22.3 Å². The third kappa shape index (κ3) is 4.00. The molecule has 0 heterocycles. The minimum Gasteiger partial charge on any atom is -0.449 e. The van der Waals surface area contributed by atoms with E-state index < -0.39 is 6.09 Å². The lowest BCUT2D eigenvalue weighted by Crippen LogP contribution is -2.26. The number of aliphatic hydroxyl groups excluding tert-OH is 1. The summed E-state index contributed by atoms with van der Waals surface area (Å²) in [6.45, 7) is 0.292. The molecule has 150 valence electrons. The number of rotatable bonds is 4. The number of nitrogen functional groups attached to an aromatic ring is 1. The number of anilines is 1. The fourth-order valence-corrected chi connectivity index (χ4v) is 3.73. The molecule has 0 saturated carbocycles. The van der Waals surface area contributed by atoms with Gasteiger partial charge in [-0.05, 0) is 40.5 Å². The van der Waals surface area contributed by atoms with Gasteiger partial charge in [-0.1, -0.05) is 60.4 Å². The topological polar surface area (TPSA) is 84.6 Å². The molecule has 3 aromatic rings. The van der Waals surface area contributed by atoms with E-state index in [-0.39, 0.29) is 25.7 Å². The van der Waals surface area contributed by atoms with Gasteiger partial charge in [-0.15, -0.1) is 0 Å². The van der Waals surface area contributed by atoms with E-state index in [4.69, 9.17) is 10.5 Å². The molecule has 0 atom stereocenters. The smallest absolute Gasteiger partial charge is 0.407 e. The molecule has 0 aliphatic heterocycles. The Kier molecular flexibility index (Phi) is 5.69. The number of benzene rings is 3. The number of fused-ring (bicyclic) bond motifs is 3. The summed E-state index contributed by atoms with van der Waals surface area (Å²) < 4.78 is 5.48. The predicted octanol–water partition coefficient (Wildman–Crippen LogP) is 3.65. The first kappa shape index (κ1) is 19.6. The highest BCUT2D eigenvalue weighted by Gasteiger charge is 2.28. The third-order valence-corrected chi connectivity index (χ3v) is 5.21. The Morgan fingerprint density at radius 3 is 2.37 bits per heavy atom. The van der Waals surface area contributed by atoms with Crippen molar-refractivity contribution < 1.29 is 14.6 Å². The predicted molar refractivity (Wildman–Crippen MR) is 117 cm³/mol. The zero-order valence-corrected chi connectivity index (χ0v) is 16.4. The van der Waals surface area contributed by atoms with E-state index in [0.29, 0.717) is 11.3 Å². The molecule has 0 bridgehead atoms. The minimum atomic E-state index is -0.500. The van der Waals surface area contributed by atoms with Crippen molar-refractivity contribution in [2.75, 3.05) is 18.9 Å². The Labute approximate surface area is 175 Å². The molecule has 0 saturated heterocycles. The van der Waals surface area contributed by atoms with E-state index in [1.807, 2.05) is 24.3 Å². The molecule has 4 rings (SSSR count). The molecule has 1 aliphatic rings. The lowest BCUT2D eigenvalue weighted by Gasteiger charge is -2.14. The molecular formula is C25H22N2O3. The Bertz CT molecular complexity index is 1100. The van der Waals surface area contributed by atoms with Gasteiger partial charge in [-0.25, -0.2) is 4.79 Å². The van der Waals surface area contributed by atoms with Gasteiger partial charge in [0.15, 0.2) is 0 Å². The number of hydrogen-bond donors (Lipinski definition) is 3. The second-order valence-electron chi connectivity index (χ2n) is 7.05. The average molecular weight is 398 g/mol. The summed E-state index contributed by atoms with van der Waals surface area (Å²) >= 11 is 0. The van der Waals surface area contributed by atoms with Crippen molar-refractivity contribution in [1.82, 2.24) is 5.32 Å². The number of carbonyl (C=O) groups excluding carboxylic acids is 1. The normalized spacial score (nSPS) is 11.8. The maximum Gasteiger partial charge on any atom is 0.407 e. The third-order valence-electron chi connectivity index (χ3n) is 5.21. The van der Waals surface area contributed by atoms with Gasteiger partial charge in [-0.2, -0.15) is 0 Å². The summed E-state index contributed by atoms with van der Waals surface area (Å²) in [5.41, 5.74) is 12.4. The lowest BCUT2D eigenvalue weighted by atomic mass is 9.98. The Balaban J connectivity index is 1.34. The molecule has 0 unspecified atom stereocenters. The fourth-order valence-electron chi connectivity index (χ4n) is 3.73. The molecule has 1 aliphatic carbocycles. The van der Waals surface area contributed by atoms with E-state index >= 15 is 0 Å². The minimum absolute atomic E-state index is 0.0286. The van der Waals surface area contributed by atoms with Crippen LogP contribution in [0.25, 0.3) is 11.1 Å². The molecule has 5 nitrogen and oxygen atoms in total. The molecule has 0 spiro atoms. The molecule has 5 heteroatoms. The van der Waals surface area contributed by atoms with Crippen molar-refractivity contribution in [2.24, 2.45) is 0 Å². The van der Waals surface area contributed by atoms with Crippen LogP contribution in [0, 0.1) is 11.8 Å². The van der Waals surface area contributed by atoms with Crippen LogP contribution in [0.2, 0.25) is 0 Å². The molecular weight excluding hydrogens is 376 g/mol. The van der Waals surface area contributed by atoms with Crippen molar-refractivity contribution >= 4 is 11.8 Å². The number of alkyl carbamates (subject to hydrolysis) is 1. The van der Waals surface area contributed by atoms with Crippen molar-refractivity contribution in [3.63, 3.8) is 0 Å². The highest BCUT2D eigenvalue weighted by molar-refractivity contribution is 5.79. The molecule has 0 aromatic heterocycles. The number of hydrogen-bond acceptors (Lipinski definition) is 4. The summed E-state index contributed by atoms with van der Waals surface area (Å²) in [7, 11) is 0. The van der Waals surface area contributed by atoms with Gasteiger partial charge in [0.25, 0.3) is 0 Å². The molecule has 3 aromatic carbocycles. The first-order valence-electron chi connectivity index (χ1n) is 9.74. The van der Waals surface area contributed by atoms with Crippen LogP contribution in [0.5, 0.6) is 0 Å². The van der Waals surface area contributed by atoms with Gasteiger partial charge in [0.05, 0.1) is 13.2 Å². The van der Waals surface area contributed by atoms with Gasteiger partial charge < -0.3 is 20.9 Å². The zero-order valence-electron chi connectivity index (χ0n) is 16.4. The summed E-state index contributed by atoms with van der Waals surface area (Å²) in [6.07, 6.45) is -0.500. The largest absolute Gasteiger partial charge is 0.449 e. The lowest BCUT2D eigenvalue weighted by molar-refractivity contribution is 0.144. The van der Waals surface area contributed by atoms with Crippen LogP contribution in [0.3, 0.4) is 0 Å². The van der Waals surface area contributed by atoms with Crippen LogP contribution in [0.15, 0.2) is 66.7 Å². The van der Waals surface area contributed by atoms with Crippen LogP contribution in [0.4, 0.5) is 10.5 Å². The van der Waals surface area contributed by atoms with Crippen molar-refractivity contribution in [3.8, 4) is 23.0 Å².